The molecule has 0 saturated carbocycles. The summed E-state index contributed by atoms with van der Waals surface area (Å²) in [4.78, 5) is 12.1. The van der Waals surface area contributed by atoms with Gasteiger partial charge >= 0.3 is 0 Å². The van der Waals surface area contributed by atoms with Gasteiger partial charge in [0.25, 0.3) is 0 Å². The summed E-state index contributed by atoms with van der Waals surface area (Å²) in [6.45, 7) is 0.401. The highest BCUT2D eigenvalue weighted by Crippen LogP contribution is 2.28. The van der Waals surface area contributed by atoms with Crippen LogP contribution in [0.25, 0.3) is 11.4 Å². The van der Waals surface area contributed by atoms with Crippen molar-refractivity contribution in [2.45, 2.75) is 6.61 Å². The summed E-state index contributed by atoms with van der Waals surface area (Å²) in [7, 11) is 0. The first-order valence-electron chi connectivity index (χ1n) is 6.63. The van der Waals surface area contributed by atoms with Crippen LogP contribution in [0.2, 0.25) is 5.02 Å². The molecule has 0 aliphatic rings. The number of hydrogen-bond donors (Lipinski definition) is 1. The molecular weight excluding hydrogens is 300 g/mol. The van der Waals surface area contributed by atoms with Crippen LogP contribution in [-0.4, -0.2) is 15.0 Å². The molecule has 22 heavy (non-hydrogen) atoms. The molecule has 3 rings (SSSR count). The lowest BCUT2D eigenvalue weighted by Gasteiger charge is -2.11. The van der Waals surface area contributed by atoms with E-state index < -0.39 is 0 Å². The van der Waals surface area contributed by atoms with Gasteiger partial charge in [-0.1, -0.05) is 35.9 Å². The zero-order valence-corrected chi connectivity index (χ0v) is 12.4. The quantitative estimate of drug-likeness (QED) is 0.799. The molecule has 0 aliphatic heterocycles. The second-order valence-electron chi connectivity index (χ2n) is 4.58. The molecule has 0 unspecified atom stereocenters. The lowest BCUT2D eigenvalue weighted by molar-refractivity contribution is 0.307. The molecule has 110 valence electrons. The van der Waals surface area contributed by atoms with E-state index in [9.17, 15) is 0 Å². The average molecular weight is 313 g/mol. The van der Waals surface area contributed by atoms with Gasteiger partial charge < -0.3 is 10.5 Å². The SMILES string of the molecule is Nc1ncnc(-c2ccccc2OCc2cccc(Cl)c2)n1. The predicted molar refractivity (Wildman–Crippen MR) is 85.5 cm³/mol. The van der Waals surface area contributed by atoms with Gasteiger partial charge in [0.1, 0.15) is 18.7 Å². The molecule has 0 saturated heterocycles. The maximum atomic E-state index is 5.97. The number of ether oxygens (including phenoxy) is 1. The van der Waals surface area contributed by atoms with E-state index >= 15 is 0 Å². The van der Waals surface area contributed by atoms with Gasteiger partial charge in [-0.2, -0.15) is 4.98 Å². The van der Waals surface area contributed by atoms with Crippen LogP contribution in [0.3, 0.4) is 0 Å². The normalized spacial score (nSPS) is 10.4. The molecule has 5 nitrogen and oxygen atoms in total. The summed E-state index contributed by atoms with van der Waals surface area (Å²) < 4.78 is 5.87. The molecule has 6 heteroatoms. The standard InChI is InChI=1S/C16H13ClN4O/c17-12-5-3-4-11(8-12)9-22-14-7-2-1-6-13(14)15-19-10-20-16(18)21-15/h1-8,10H,9H2,(H2,18,19,20,21). The fraction of sp³-hybridized carbons (Fsp3) is 0.0625. The van der Waals surface area contributed by atoms with Gasteiger partial charge in [-0.3, -0.25) is 0 Å². The van der Waals surface area contributed by atoms with E-state index in [1.807, 2.05) is 48.5 Å². The Hall–Kier alpha value is -2.66. The second kappa shape index (κ2) is 6.41. The van der Waals surface area contributed by atoms with Gasteiger partial charge in [-0.25, -0.2) is 9.97 Å². The lowest BCUT2D eigenvalue weighted by Crippen LogP contribution is -2.01. The van der Waals surface area contributed by atoms with Crippen molar-refractivity contribution >= 4 is 17.5 Å². The smallest absolute Gasteiger partial charge is 0.223 e. The lowest BCUT2D eigenvalue weighted by atomic mass is 10.2. The van der Waals surface area contributed by atoms with Gasteiger partial charge in [0.05, 0.1) is 5.56 Å². The molecule has 0 radical (unpaired) electrons. The largest absolute Gasteiger partial charge is 0.488 e. The van der Waals surface area contributed by atoms with Crippen LogP contribution in [0, 0.1) is 0 Å². The summed E-state index contributed by atoms with van der Waals surface area (Å²) in [5.41, 5.74) is 7.36. The fourth-order valence-electron chi connectivity index (χ4n) is 2.00. The highest BCUT2D eigenvalue weighted by atomic mass is 35.5. The Kier molecular flexibility index (Phi) is 4.16. The summed E-state index contributed by atoms with van der Waals surface area (Å²) >= 11 is 5.97. The van der Waals surface area contributed by atoms with Crippen molar-refractivity contribution in [3.8, 4) is 17.1 Å². The van der Waals surface area contributed by atoms with E-state index in [1.54, 1.807) is 0 Å². The minimum atomic E-state index is 0.176. The van der Waals surface area contributed by atoms with E-state index in [-0.39, 0.29) is 5.95 Å². The number of anilines is 1. The number of nitrogens with zero attached hydrogens (tertiary/aromatic N) is 3. The molecule has 0 atom stereocenters. The number of nitrogen functional groups attached to an aromatic ring is 1. The number of hydrogen-bond acceptors (Lipinski definition) is 5. The van der Waals surface area contributed by atoms with Crippen LogP contribution in [0.15, 0.2) is 54.9 Å². The Morgan fingerprint density at radius 2 is 1.91 bits per heavy atom. The van der Waals surface area contributed by atoms with Crippen molar-refractivity contribution in [1.82, 2.24) is 15.0 Å². The van der Waals surface area contributed by atoms with Crippen molar-refractivity contribution in [2.24, 2.45) is 0 Å². The number of para-hydroxylation sites is 1. The fourth-order valence-corrected chi connectivity index (χ4v) is 2.22. The highest BCUT2D eigenvalue weighted by molar-refractivity contribution is 6.30. The van der Waals surface area contributed by atoms with Crippen LogP contribution in [0.1, 0.15) is 5.56 Å². The first-order valence-corrected chi connectivity index (χ1v) is 7.01. The number of halogens is 1. The van der Waals surface area contributed by atoms with Crippen LogP contribution < -0.4 is 10.5 Å². The maximum Gasteiger partial charge on any atom is 0.223 e. The third kappa shape index (κ3) is 3.32. The molecule has 0 amide bonds. The molecular formula is C16H13ClN4O. The molecule has 1 aromatic heterocycles. The second-order valence-corrected chi connectivity index (χ2v) is 5.02. The Morgan fingerprint density at radius 1 is 1.05 bits per heavy atom. The summed E-state index contributed by atoms with van der Waals surface area (Å²) in [6, 6.07) is 15.1. The summed E-state index contributed by atoms with van der Waals surface area (Å²) in [5, 5.41) is 0.680. The number of benzene rings is 2. The molecule has 0 spiro atoms. The molecule has 0 aliphatic carbocycles. The Bertz CT molecular complexity index is 794. The topological polar surface area (TPSA) is 73.9 Å². The van der Waals surface area contributed by atoms with E-state index in [2.05, 4.69) is 15.0 Å². The van der Waals surface area contributed by atoms with Crippen LogP contribution in [0.5, 0.6) is 5.75 Å². The molecule has 0 fully saturated rings. The van der Waals surface area contributed by atoms with E-state index in [0.29, 0.717) is 23.2 Å². The predicted octanol–water partition coefficient (Wildman–Crippen LogP) is 3.35. The van der Waals surface area contributed by atoms with Crippen molar-refractivity contribution in [2.75, 3.05) is 5.73 Å². The molecule has 3 aromatic rings. The van der Waals surface area contributed by atoms with Gasteiger partial charge in [0.15, 0.2) is 5.82 Å². The number of rotatable bonds is 4. The number of nitrogens with two attached hydrogens (primary N) is 1. The molecule has 2 N–H and O–H groups in total. The van der Waals surface area contributed by atoms with Gasteiger partial charge in [0, 0.05) is 5.02 Å². The third-order valence-corrected chi connectivity index (χ3v) is 3.24. The van der Waals surface area contributed by atoms with Crippen molar-refractivity contribution < 1.29 is 4.74 Å². The van der Waals surface area contributed by atoms with E-state index in [0.717, 1.165) is 11.1 Å². The van der Waals surface area contributed by atoms with Crippen LogP contribution in [0.4, 0.5) is 5.95 Å². The van der Waals surface area contributed by atoms with Crippen molar-refractivity contribution in [3.63, 3.8) is 0 Å². The molecule has 2 aromatic carbocycles. The Balaban J connectivity index is 1.85. The monoisotopic (exact) mass is 312 g/mol. The Labute approximate surface area is 132 Å². The minimum Gasteiger partial charge on any atom is -0.488 e. The first-order chi connectivity index (χ1) is 10.7. The van der Waals surface area contributed by atoms with Gasteiger partial charge in [0.2, 0.25) is 5.95 Å². The van der Waals surface area contributed by atoms with Crippen LogP contribution >= 0.6 is 11.6 Å². The van der Waals surface area contributed by atoms with Gasteiger partial charge in [-0.15, -0.1) is 0 Å². The first kappa shape index (κ1) is 14.3. The summed E-state index contributed by atoms with van der Waals surface area (Å²) in [6.07, 6.45) is 1.38. The van der Waals surface area contributed by atoms with Crippen molar-refractivity contribution in [3.05, 3.63) is 65.4 Å². The van der Waals surface area contributed by atoms with Crippen LogP contribution in [-0.2, 0) is 6.61 Å². The minimum absolute atomic E-state index is 0.176. The van der Waals surface area contributed by atoms with E-state index in [4.69, 9.17) is 22.1 Å². The maximum absolute atomic E-state index is 5.97. The number of aromatic nitrogens is 3. The van der Waals surface area contributed by atoms with Gasteiger partial charge in [-0.05, 0) is 29.8 Å². The zero-order valence-electron chi connectivity index (χ0n) is 11.6. The van der Waals surface area contributed by atoms with Crippen molar-refractivity contribution in [1.29, 1.82) is 0 Å². The average Bonchev–Trinajstić information content (AvgIpc) is 2.53. The Morgan fingerprint density at radius 3 is 2.73 bits per heavy atom. The third-order valence-electron chi connectivity index (χ3n) is 3.00. The molecule has 0 bridgehead atoms. The summed E-state index contributed by atoms with van der Waals surface area (Å²) in [5.74, 6) is 1.33. The zero-order chi connectivity index (χ0) is 15.4. The highest BCUT2D eigenvalue weighted by Gasteiger charge is 2.09. The molecule has 1 heterocycles. The van der Waals surface area contributed by atoms with E-state index in [1.165, 1.54) is 6.33 Å².